The zero-order chi connectivity index (χ0) is 9.26. The number of carbonyl (C=O) groups is 1. The molecule has 1 aromatic heterocycles. The second-order valence-corrected chi connectivity index (χ2v) is 3.22. The summed E-state index contributed by atoms with van der Waals surface area (Å²) in [5, 5.41) is 0. The van der Waals surface area contributed by atoms with Crippen LogP contribution in [0.5, 0.6) is 0 Å². The Bertz CT molecular complexity index is 312. The predicted octanol–water partition coefficient (Wildman–Crippen LogP) is 0.992. The third kappa shape index (κ3) is 1.39. The minimum absolute atomic E-state index is 0.146. The lowest BCUT2D eigenvalue weighted by Gasteiger charge is -2.19. The average molecular weight is 177 g/mol. The molecular formula is C9H11N3O. The Morgan fingerprint density at radius 1 is 1.54 bits per heavy atom. The van der Waals surface area contributed by atoms with E-state index in [-0.39, 0.29) is 11.9 Å². The molecule has 1 aromatic rings. The largest absolute Gasteiger partial charge is 0.293 e. The molecule has 13 heavy (non-hydrogen) atoms. The van der Waals surface area contributed by atoms with E-state index in [1.165, 1.54) is 0 Å². The number of hydrogen-bond acceptors (Lipinski definition) is 3. The molecule has 1 aliphatic rings. The van der Waals surface area contributed by atoms with E-state index in [4.69, 9.17) is 0 Å². The molecule has 0 unspecified atom stereocenters. The Morgan fingerprint density at radius 2 is 2.38 bits per heavy atom. The van der Waals surface area contributed by atoms with Gasteiger partial charge in [-0.2, -0.15) is 0 Å². The first-order valence-corrected chi connectivity index (χ1v) is 4.37. The van der Waals surface area contributed by atoms with Gasteiger partial charge in [-0.25, -0.2) is 4.98 Å². The lowest BCUT2D eigenvalue weighted by molar-refractivity contribution is -0.117. The molecule has 4 heteroatoms. The number of amides is 1. The van der Waals surface area contributed by atoms with Gasteiger partial charge < -0.3 is 0 Å². The molecule has 68 valence electrons. The molecule has 0 aliphatic carbocycles. The molecule has 0 aromatic carbocycles. The standard InChI is InChI=1S/C9H11N3O/c1-7-2-3-9(13)12(7)8-6-10-4-5-11-8/h4-7H,2-3H2,1H3/t7-/m1/s1. The van der Waals surface area contributed by atoms with Crippen LogP contribution in [-0.4, -0.2) is 21.9 Å². The summed E-state index contributed by atoms with van der Waals surface area (Å²) in [6.45, 7) is 2.03. The summed E-state index contributed by atoms with van der Waals surface area (Å²) in [4.78, 5) is 21.2. The predicted molar refractivity (Wildman–Crippen MR) is 48.2 cm³/mol. The quantitative estimate of drug-likeness (QED) is 0.642. The number of aromatic nitrogens is 2. The van der Waals surface area contributed by atoms with E-state index in [1.54, 1.807) is 23.5 Å². The van der Waals surface area contributed by atoms with Gasteiger partial charge in [-0.1, -0.05) is 0 Å². The van der Waals surface area contributed by atoms with Crippen molar-refractivity contribution in [1.29, 1.82) is 0 Å². The van der Waals surface area contributed by atoms with Crippen LogP contribution in [0.1, 0.15) is 19.8 Å². The zero-order valence-electron chi connectivity index (χ0n) is 7.47. The van der Waals surface area contributed by atoms with Crippen LogP contribution < -0.4 is 4.90 Å². The molecule has 2 heterocycles. The van der Waals surface area contributed by atoms with Gasteiger partial charge in [0.1, 0.15) is 0 Å². The van der Waals surface area contributed by atoms with Crippen LogP contribution in [0.2, 0.25) is 0 Å². The second kappa shape index (κ2) is 3.12. The number of rotatable bonds is 1. The molecule has 0 spiro atoms. The zero-order valence-corrected chi connectivity index (χ0v) is 7.47. The van der Waals surface area contributed by atoms with Crippen molar-refractivity contribution in [3.05, 3.63) is 18.6 Å². The van der Waals surface area contributed by atoms with Crippen molar-refractivity contribution in [2.45, 2.75) is 25.8 Å². The molecule has 1 aliphatic heterocycles. The van der Waals surface area contributed by atoms with Crippen molar-refractivity contribution in [3.8, 4) is 0 Å². The topological polar surface area (TPSA) is 46.1 Å². The van der Waals surface area contributed by atoms with Crippen LogP contribution in [0, 0.1) is 0 Å². The first-order valence-electron chi connectivity index (χ1n) is 4.37. The van der Waals surface area contributed by atoms with Crippen LogP contribution in [0.25, 0.3) is 0 Å². The third-order valence-electron chi connectivity index (χ3n) is 2.28. The van der Waals surface area contributed by atoms with Gasteiger partial charge in [-0.3, -0.25) is 14.7 Å². The summed E-state index contributed by atoms with van der Waals surface area (Å²) >= 11 is 0. The summed E-state index contributed by atoms with van der Waals surface area (Å²) in [7, 11) is 0. The lowest BCUT2D eigenvalue weighted by Crippen LogP contribution is -2.31. The highest BCUT2D eigenvalue weighted by Crippen LogP contribution is 2.23. The Hall–Kier alpha value is -1.45. The molecule has 0 bridgehead atoms. The molecule has 2 rings (SSSR count). The Morgan fingerprint density at radius 3 is 2.92 bits per heavy atom. The smallest absolute Gasteiger partial charge is 0.228 e. The average Bonchev–Trinajstić information content (AvgIpc) is 2.48. The van der Waals surface area contributed by atoms with Crippen molar-refractivity contribution in [2.24, 2.45) is 0 Å². The highest BCUT2D eigenvalue weighted by molar-refractivity contribution is 5.94. The number of hydrogen-bond donors (Lipinski definition) is 0. The minimum atomic E-state index is 0.146. The minimum Gasteiger partial charge on any atom is -0.293 e. The van der Waals surface area contributed by atoms with Gasteiger partial charge in [0.2, 0.25) is 5.91 Å². The highest BCUT2D eigenvalue weighted by Gasteiger charge is 2.29. The fourth-order valence-corrected chi connectivity index (χ4v) is 1.60. The maximum atomic E-state index is 11.4. The van der Waals surface area contributed by atoms with E-state index in [0.29, 0.717) is 12.2 Å². The van der Waals surface area contributed by atoms with Gasteiger partial charge in [0.05, 0.1) is 6.20 Å². The molecule has 1 fully saturated rings. The molecule has 1 atom stereocenters. The molecule has 1 amide bonds. The van der Waals surface area contributed by atoms with Gasteiger partial charge in [0.25, 0.3) is 0 Å². The normalized spacial score (nSPS) is 22.4. The summed E-state index contributed by atoms with van der Waals surface area (Å²) in [5.41, 5.74) is 0. The highest BCUT2D eigenvalue weighted by atomic mass is 16.2. The molecule has 0 radical (unpaired) electrons. The van der Waals surface area contributed by atoms with Crippen molar-refractivity contribution < 1.29 is 4.79 Å². The van der Waals surface area contributed by atoms with E-state index in [0.717, 1.165) is 6.42 Å². The van der Waals surface area contributed by atoms with Crippen LogP contribution in [0.15, 0.2) is 18.6 Å². The third-order valence-corrected chi connectivity index (χ3v) is 2.28. The van der Waals surface area contributed by atoms with Crippen LogP contribution in [0.4, 0.5) is 5.82 Å². The summed E-state index contributed by atoms with van der Waals surface area (Å²) in [5.74, 6) is 0.811. The first kappa shape index (κ1) is 8.16. The SMILES string of the molecule is C[C@@H]1CCC(=O)N1c1cnccn1. The van der Waals surface area contributed by atoms with Gasteiger partial charge in [0.15, 0.2) is 5.82 Å². The van der Waals surface area contributed by atoms with E-state index in [1.807, 2.05) is 6.92 Å². The van der Waals surface area contributed by atoms with E-state index < -0.39 is 0 Å². The van der Waals surface area contributed by atoms with Crippen molar-refractivity contribution in [1.82, 2.24) is 9.97 Å². The number of nitrogens with zero attached hydrogens (tertiary/aromatic N) is 3. The van der Waals surface area contributed by atoms with Crippen molar-refractivity contribution in [2.75, 3.05) is 4.90 Å². The van der Waals surface area contributed by atoms with E-state index in [9.17, 15) is 4.79 Å². The van der Waals surface area contributed by atoms with Crippen LogP contribution in [-0.2, 0) is 4.79 Å². The molecule has 1 saturated heterocycles. The monoisotopic (exact) mass is 177 g/mol. The molecular weight excluding hydrogens is 166 g/mol. The maximum absolute atomic E-state index is 11.4. The first-order chi connectivity index (χ1) is 6.29. The maximum Gasteiger partial charge on any atom is 0.228 e. The van der Waals surface area contributed by atoms with Crippen LogP contribution in [0.3, 0.4) is 0 Å². The van der Waals surface area contributed by atoms with Crippen molar-refractivity contribution >= 4 is 11.7 Å². The van der Waals surface area contributed by atoms with Gasteiger partial charge in [-0.05, 0) is 13.3 Å². The Labute approximate surface area is 76.6 Å². The molecule has 4 nitrogen and oxygen atoms in total. The molecule has 0 saturated carbocycles. The Balaban J connectivity index is 2.30. The van der Waals surface area contributed by atoms with E-state index in [2.05, 4.69) is 9.97 Å². The van der Waals surface area contributed by atoms with E-state index >= 15 is 0 Å². The van der Waals surface area contributed by atoms with Gasteiger partial charge >= 0.3 is 0 Å². The summed E-state index contributed by atoms with van der Waals surface area (Å²) in [6, 6.07) is 0.254. The summed E-state index contributed by atoms with van der Waals surface area (Å²) < 4.78 is 0. The summed E-state index contributed by atoms with van der Waals surface area (Å²) in [6.07, 6.45) is 6.37. The second-order valence-electron chi connectivity index (χ2n) is 3.22. The van der Waals surface area contributed by atoms with Gasteiger partial charge in [0, 0.05) is 24.9 Å². The number of carbonyl (C=O) groups excluding carboxylic acids is 1. The molecule has 0 N–H and O–H groups in total. The lowest BCUT2D eigenvalue weighted by atomic mass is 10.2. The fraction of sp³-hybridized carbons (Fsp3) is 0.444. The Kier molecular flexibility index (Phi) is 1.96. The van der Waals surface area contributed by atoms with Gasteiger partial charge in [-0.15, -0.1) is 0 Å². The van der Waals surface area contributed by atoms with Crippen LogP contribution >= 0.6 is 0 Å². The number of anilines is 1. The van der Waals surface area contributed by atoms with Crippen molar-refractivity contribution in [3.63, 3.8) is 0 Å². The fourth-order valence-electron chi connectivity index (χ4n) is 1.60.